The molecule has 2 unspecified atom stereocenters. The molecule has 1 aliphatic carbocycles. The van der Waals surface area contributed by atoms with Crippen LogP contribution >= 0.6 is 0 Å². The molecule has 0 aromatic carbocycles. The summed E-state index contributed by atoms with van der Waals surface area (Å²) in [6.45, 7) is 2.12. The maximum Gasteiger partial charge on any atom is 0.181 e. The third kappa shape index (κ3) is 1.05. The molecule has 1 heterocycles. The van der Waals surface area contributed by atoms with E-state index in [0.717, 1.165) is 19.3 Å². The summed E-state index contributed by atoms with van der Waals surface area (Å²) in [6, 6.07) is 0. The van der Waals surface area contributed by atoms with Crippen LogP contribution in [0, 0.1) is 5.92 Å². The largest absolute Gasteiger partial charge is 0.445 e. The molecular formula is C9H13NO2. The Morgan fingerprint density at radius 3 is 3.25 bits per heavy atom. The molecule has 12 heavy (non-hydrogen) atoms. The molecule has 0 saturated heterocycles. The summed E-state index contributed by atoms with van der Waals surface area (Å²) in [7, 11) is 0. The van der Waals surface area contributed by atoms with Crippen LogP contribution in [0.4, 0.5) is 0 Å². The minimum atomic E-state index is -0.688. The van der Waals surface area contributed by atoms with Crippen LogP contribution in [0.25, 0.3) is 0 Å². The molecule has 1 aromatic rings. The Morgan fingerprint density at radius 2 is 2.67 bits per heavy atom. The molecule has 0 radical (unpaired) electrons. The Bertz CT molecular complexity index is 258. The summed E-state index contributed by atoms with van der Waals surface area (Å²) in [5.74, 6) is 1.01. The van der Waals surface area contributed by atoms with Crippen LogP contribution in [0.3, 0.4) is 0 Å². The van der Waals surface area contributed by atoms with Gasteiger partial charge in [-0.15, -0.1) is 0 Å². The van der Waals surface area contributed by atoms with Gasteiger partial charge < -0.3 is 9.52 Å². The molecule has 66 valence electrons. The lowest BCUT2D eigenvalue weighted by atomic mass is 10.1. The molecular weight excluding hydrogens is 154 g/mol. The first-order chi connectivity index (χ1) is 5.77. The van der Waals surface area contributed by atoms with Gasteiger partial charge >= 0.3 is 0 Å². The van der Waals surface area contributed by atoms with E-state index in [1.807, 2.05) is 0 Å². The van der Waals surface area contributed by atoms with Crippen LogP contribution < -0.4 is 0 Å². The highest BCUT2D eigenvalue weighted by molar-refractivity contribution is 5.17. The van der Waals surface area contributed by atoms with E-state index in [0.29, 0.717) is 11.7 Å². The number of aliphatic hydroxyl groups is 1. The third-order valence-electron chi connectivity index (χ3n) is 2.57. The van der Waals surface area contributed by atoms with Crippen LogP contribution in [0.5, 0.6) is 0 Å². The zero-order valence-electron chi connectivity index (χ0n) is 7.16. The lowest BCUT2D eigenvalue weighted by Gasteiger charge is -2.04. The van der Waals surface area contributed by atoms with Crippen molar-refractivity contribution < 1.29 is 9.52 Å². The van der Waals surface area contributed by atoms with Gasteiger partial charge in [0.15, 0.2) is 12.2 Å². The minimum absolute atomic E-state index is 0.385. The minimum Gasteiger partial charge on any atom is -0.445 e. The normalized spacial score (nSPS) is 33.7. The number of hydrogen-bond acceptors (Lipinski definition) is 3. The Hall–Kier alpha value is -0.830. The van der Waals surface area contributed by atoms with Gasteiger partial charge in [-0.3, -0.25) is 0 Å². The zero-order chi connectivity index (χ0) is 8.60. The fourth-order valence-corrected chi connectivity index (χ4v) is 1.74. The molecule has 0 bridgehead atoms. The molecule has 1 saturated carbocycles. The van der Waals surface area contributed by atoms with E-state index in [2.05, 4.69) is 11.9 Å². The average Bonchev–Trinajstić information content (AvgIpc) is 2.57. The van der Waals surface area contributed by atoms with Crippen molar-refractivity contribution in [2.45, 2.75) is 31.8 Å². The SMILES string of the molecule is CCCC1CC1(O)c1cnco1. The van der Waals surface area contributed by atoms with Crippen LogP contribution in [0.2, 0.25) is 0 Å². The van der Waals surface area contributed by atoms with E-state index in [4.69, 9.17) is 4.42 Å². The van der Waals surface area contributed by atoms with Crippen molar-refractivity contribution in [1.29, 1.82) is 0 Å². The molecule has 2 rings (SSSR count). The van der Waals surface area contributed by atoms with Crippen molar-refractivity contribution in [2.24, 2.45) is 5.92 Å². The Morgan fingerprint density at radius 1 is 1.83 bits per heavy atom. The van der Waals surface area contributed by atoms with Gasteiger partial charge in [0.1, 0.15) is 5.60 Å². The second kappa shape index (κ2) is 2.59. The molecule has 3 heteroatoms. The molecule has 1 N–H and O–H groups in total. The van der Waals surface area contributed by atoms with Gasteiger partial charge in [-0.1, -0.05) is 13.3 Å². The first-order valence-corrected chi connectivity index (χ1v) is 4.38. The predicted octanol–water partition coefficient (Wildman–Crippen LogP) is 1.68. The summed E-state index contributed by atoms with van der Waals surface area (Å²) in [6.07, 6.45) is 5.98. The van der Waals surface area contributed by atoms with Gasteiger partial charge in [0.05, 0.1) is 6.20 Å². The Labute approximate surface area is 71.4 Å². The van der Waals surface area contributed by atoms with E-state index < -0.39 is 5.60 Å². The van der Waals surface area contributed by atoms with E-state index in [9.17, 15) is 5.11 Å². The molecule has 1 fully saturated rings. The van der Waals surface area contributed by atoms with E-state index >= 15 is 0 Å². The quantitative estimate of drug-likeness (QED) is 0.745. The van der Waals surface area contributed by atoms with Gasteiger partial charge in [-0.2, -0.15) is 0 Å². The number of rotatable bonds is 3. The summed E-state index contributed by atoms with van der Waals surface area (Å²) in [4.78, 5) is 3.80. The molecule has 0 aliphatic heterocycles. The van der Waals surface area contributed by atoms with Crippen molar-refractivity contribution in [1.82, 2.24) is 4.98 Å². The van der Waals surface area contributed by atoms with Gasteiger partial charge in [-0.25, -0.2) is 4.98 Å². The lowest BCUT2D eigenvalue weighted by molar-refractivity contribution is 0.103. The topological polar surface area (TPSA) is 46.3 Å². The highest BCUT2D eigenvalue weighted by atomic mass is 16.4. The molecule has 0 amide bonds. The number of aromatic nitrogens is 1. The van der Waals surface area contributed by atoms with Gasteiger partial charge in [0, 0.05) is 0 Å². The predicted molar refractivity (Wildman–Crippen MR) is 43.4 cm³/mol. The third-order valence-corrected chi connectivity index (χ3v) is 2.57. The van der Waals surface area contributed by atoms with Crippen LogP contribution in [0.15, 0.2) is 17.0 Å². The van der Waals surface area contributed by atoms with Gasteiger partial charge in [-0.05, 0) is 18.8 Å². The standard InChI is InChI=1S/C9H13NO2/c1-2-3-7-4-9(7,11)8-5-10-6-12-8/h5-7,11H,2-4H2,1H3. The van der Waals surface area contributed by atoms with Crippen molar-refractivity contribution in [3.63, 3.8) is 0 Å². The second-order valence-electron chi connectivity index (χ2n) is 3.48. The van der Waals surface area contributed by atoms with Crippen LogP contribution in [-0.2, 0) is 5.60 Å². The lowest BCUT2D eigenvalue weighted by Crippen LogP contribution is -2.06. The number of oxazole rings is 1. The van der Waals surface area contributed by atoms with E-state index in [1.54, 1.807) is 6.20 Å². The first kappa shape index (κ1) is 7.80. The van der Waals surface area contributed by atoms with Crippen molar-refractivity contribution in [2.75, 3.05) is 0 Å². The van der Waals surface area contributed by atoms with Crippen LogP contribution in [0.1, 0.15) is 31.9 Å². The highest BCUT2D eigenvalue weighted by Gasteiger charge is 2.55. The zero-order valence-corrected chi connectivity index (χ0v) is 7.16. The molecule has 1 aromatic heterocycles. The highest BCUT2D eigenvalue weighted by Crippen LogP contribution is 2.54. The van der Waals surface area contributed by atoms with E-state index in [1.165, 1.54) is 6.39 Å². The van der Waals surface area contributed by atoms with Gasteiger partial charge in [0.25, 0.3) is 0 Å². The summed E-state index contributed by atoms with van der Waals surface area (Å²) in [5, 5.41) is 9.95. The molecule has 1 aliphatic rings. The first-order valence-electron chi connectivity index (χ1n) is 4.38. The molecule has 3 nitrogen and oxygen atoms in total. The molecule has 2 atom stereocenters. The van der Waals surface area contributed by atoms with Gasteiger partial charge in [0.2, 0.25) is 0 Å². The Kier molecular flexibility index (Phi) is 1.68. The molecule has 0 spiro atoms. The second-order valence-corrected chi connectivity index (χ2v) is 3.48. The van der Waals surface area contributed by atoms with Crippen molar-refractivity contribution >= 4 is 0 Å². The Balaban J connectivity index is 2.07. The monoisotopic (exact) mass is 167 g/mol. The summed E-state index contributed by atoms with van der Waals surface area (Å²) < 4.78 is 5.08. The average molecular weight is 167 g/mol. The number of nitrogens with zero attached hydrogens (tertiary/aromatic N) is 1. The number of hydrogen-bond donors (Lipinski definition) is 1. The maximum absolute atomic E-state index is 9.95. The summed E-state index contributed by atoms with van der Waals surface area (Å²) in [5.41, 5.74) is -0.688. The fourth-order valence-electron chi connectivity index (χ4n) is 1.74. The van der Waals surface area contributed by atoms with Crippen molar-refractivity contribution in [3.8, 4) is 0 Å². The van der Waals surface area contributed by atoms with E-state index in [-0.39, 0.29) is 0 Å². The maximum atomic E-state index is 9.95. The fraction of sp³-hybridized carbons (Fsp3) is 0.667. The van der Waals surface area contributed by atoms with Crippen molar-refractivity contribution in [3.05, 3.63) is 18.4 Å². The van der Waals surface area contributed by atoms with Crippen LogP contribution in [-0.4, -0.2) is 10.1 Å². The summed E-state index contributed by atoms with van der Waals surface area (Å²) >= 11 is 0. The smallest absolute Gasteiger partial charge is 0.181 e.